The second-order valence-electron chi connectivity index (χ2n) is 5.22. The summed E-state index contributed by atoms with van der Waals surface area (Å²) in [5.41, 5.74) is -0.103. The molecule has 0 saturated carbocycles. The predicted molar refractivity (Wildman–Crippen MR) is 113 cm³/mol. The van der Waals surface area contributed by atoms with Gasteiger partial charge in [-0.25, -0.2) is 0 Å². The van der Waals surface area contributed by atoms with Crippen LogP contribution in [0.1, 0.15) is 6.92 Å². The molecule has 0 heterocycles. The van der Waals surface area contributed by atoms with E-state index >= 15 is 0 Å². The molecular formula is C16H18Cl2N3O8P. The van der Waals surface area contributed by atoms with Crippen LogP contribution in [0.5, 0.6) is 11.5 Å². The molecule has 0 amide bonds. The molecule has 30 heavy (non-hydrogen) atoms. The first-order chi connectivity index (χ1) is 14.1. The molecule has 0 aliphatic rings. The summed E-state index contributed by atoms with van der Waals surface area (Å²) in [4.78, 5) is 20.6. The van der Waals surface area contributed by atoms with E-state index in [4.69, 9.17) is 27.9 Å². The Morgan fingerprint density at radius 1 is 1.03 bits per heavy atom. The van der Waals surface area contributed by atoms with Crippen molar-refractivity contribution in [3.05, 3.63) is 60.6 Å². The molecule has 2 rings (SSSR count). The molecular weight excluding hydrogens is 464 g/mol. The van der Waals surface area contributed by atoms with Crippen LogP contribution in [0.2, 0.25) is 10.0 Å². The second kappa shape index (κ2) is 12.3. The van der Waals surface area contributed by atoms with Gasteiger partial charge in [0.05, 0.1) is 19.9 Å². The van der Waals surface area contributed by atoms with Crippen molar-refractivity contribution in [2.45, 2.75) is 6.92 Å². The van der Waals surface area contributed by atoms with Gasteiger partial charge in [0, 0.05) is 45.0 Å². The summed E-state index contributed by atoms with van der Waals surface area (Å²) in [6, 6.07) is 6.31. The molecule has 0 bridgehead atoms. The minimum Gasteiger partial charge on any atom is -0.454 e. The van der Waals surface area contributed by atoms with E-state index in [9.17, 15) is 24.8 Å². The molecule has 1 N–H and O–H groups in total. The smallest absolute Gasteiger partial charge is 0.318 e. The molecule has 0 atom stereocenters. The fourth-order valence-electron chi connectivity index (χ4n) is 2.02. The Morgan fingerprint density at radius 2 is 1.60 bits per heavy atom. The number of nitrogens with one attached hydrogen (secondary N) is 1. The van der Waals surface area contributed by atoms with E-state index in [0.29, 0.717) is 6.54 Å². The minimum absolute atomic E-state index is 0.0280. The Labute approximate surface area is 182 Å². The number of nitro benzene ring substituents is 2. The van der Waals surface area contributed by atoms with Crippen LogP contribution in [0.15, 0.2) is 30.3 Å². The van der Waals surface area contributed by atoms with Crippen molar-refractivity contribution in [2.24, 2.45) is 0 Å². The summed E-state index contributed by atoms with van der Waals surface area (Å²) in [5, 5.41) is 24.5. The van der Waals surface area contributed by atoms with E-state index in [1.807, 2.05) is 0 Å². The largest absolute Gasteiger partial charge is 0.454 e. The predicted octanol–water partition coefficient (Wildman–Crippen LogP) is 5.70. The monoisotopic (exact) mass is 481 g/mol. The first kappa shape index (κ1) is 25.6. The average molecular weight is 482 g/mol. The van der Waals surface area contributed by atoms with Crippen molar-refractivity contribution < 1.29 is 28.2 Å². The Kier molecular flexibility index (Phi) is 10.5. The minimum atomic E-state index is -2.12. The van der Waals surface area contributed by atoms with Crippen molar-refractivity contribution in [1.82, 2.24) is 0 Å². The molecule has 0 aromatic heterocycles. The molecule has 0 saturated heterocycles. The number of anilines is 1. The van der Waals surface area contributed by atoms with Gasteiger partial charge in [-0.1, -0.05) is 23.2 Å². The van der Waals surface area contributed by atoms with Gasteiger partial charge in [0.15, 0.2) is 5.75 Å². The van der Waals surface area contributed by atoms with Crippen molar-refractivity contribution in [3.8, 4) is 11.5 Å². The lowest BCUT2D eigenvalue weighted by atomic mass is 10.2. The number of nitro groups is 2. The summed E-state index contributed by atoms with van der Waals surface area (Å²) in [7, 11) is 0.558. The van der Waals surface area contributed by atoms with Crippen molar-refractivity contribution in [2.75, 3.05) is 26.1 Å². The number of ether oxygens (including phenoxy) is 1. The van der Waals surface area contributed by atoms with Gasteiger partial charge in [0.2, 0.25) is 0 Å². The Balaban J connectivity index is 0.000000656. The third kappa shape index (κ3) is 7.43. The molecule has 2 aromatic rings. The van der Waals surface area contributed by atoms with Gasteiger partial charge in [-0.3, -0.25) is 24.8 Å². The molecule has 164 valence electrons. The maximum Gasteiger partial charge on any atom is 0.318 e. The van der Waals surface area contributed by atoms with Gasteiger partial charge < -0.3 is 19.1 Å². The molecule has 11 nitrogen and oxygen atoms in total. The lowest BCUT2D eigenvalue weighted by molar-refractivity contribution is -0.384. The molecule has 0 aliphatic heterocycles. The summed E-state index contributed by atoms with van der Waals surface area (Å²) >= 11 is 11.9. The van der Waals surface area contributed by atoms with Gasteiger partial charge in [-0.15, -0.1) is 0 Å². The average Bonchev–Trinajstić information content (AvgIpc) is 2.70. The maximum absolute atomic E-state index is 11.0. The number of nitrogens with zero attached hydrogens (tertiary/aromatic N) is 2. The number of hydrogen-bond acceptors (Lipinski definition) is 9. The van der Waals surface area contributed by atoms with E-state index in [1.165, 1.54) is 32.4 Å². The number of benzene rings is 2. The van der Waals surface area contributed by atoms with Crippen LogP contribution in [-0.4, -0.2) is 30.6 Å². The summed E-state index contributed by atoms with van der Waals surface area (Å²) in [5.74, 6) is 0.273. The Bertz CT molecular complexity index is 916. The van der Waals surface area contributed by atoms with E-state index in [0.717, 1.165) is 12.1 Å². The lowest BCUT2D eigenvalue weighted by Crippen LogP contribution is -2.01. The highest BCUT2D eigenvalue weighted by atomic mass is 35.5. The molecule has 2 aromatic carbocycles. The molecule has 0 radical (unpaired) electrons. The summed E-state index contributed by atoms with van der Waals surface area (Å²) < 4.78 is 23.9. The van der Waals surface area contributed by atoms with Crippen LogP contribution in [0, 0.1) is 20.2 Å². The Morgan fingerprint density at radius 3 is 2.00 bits per heavy atom. The highest BCUT2D eigenvalue weighted by molar-refractivity contribution is 7.33. The van der Waals surface area contributed by atoms with Gasteiger partial charge in [-0.2, -0.15) is 0 Å². The zero-order valence-electron chi connectivity index (χ0n) is 16.0. The van der Waals surface area contributed by atoms with Crippen LogP contribution in [0.3, 0.4) is 0 Å². The molecule has 0 unspecified atom stereocenters. The Hall–Kier alpha value is -2.43. The molecule has 0 aliphatic carbocycles. The fourth-order valence-corrected chi connectivity index (χ4v) is 2.74. The molecule has 14 heteroatoms. The normalized spacial score (nSPS) is 10.2. The molecule has 0 spiro atoms. The fraction of sp³-hybridized carbons (Fsp3) is 0.250. The van der Waals surface area contributed by atoms with Crippen LogP contribution in [-0.2, 0) is 13.6 Å². The van der Waals surface area contributed by atoms with E-state index in [-0.39, 0.29) is 38.6 Å². The zero-order valence-corrected chi connectivity index (χ0v) is 18.5. The van der Waals surface area contributed by atoms with Crippen LogP contribution < -0.4 is 10.1 Å². The topological polar surface area (TPSA) is 143 Å². The van der Waals surface area contributed by atoms with E-state index in [2.05, 4.69) is 14.4 Å². The zero-order chi connectivity index (χ0) is 22.8. The van der Waals surface area contributed by atoms with Crippen LogP contribution in [0.4, 0.5) is 17.1 Å². The van der Waals surface area contributed by atoms with E-state index < -0.39 is 18.1 Å². The van der Waals surface area contributed by atoms with Crippen molar-refractivity contribution >= 4 is 48.5 Å². The standard InChI is InChI=1S/C14H11Cl2N3O5.C2H7O3P/c1-2-17-12-7-9(3-4-13(12)19(22)23)24-14-10(15)5-8(18(20)21)6-11(14)16;1-4-6(3)5-2/h3-7,17H,2H2,1H3;6H,1-2H3. The second-order valence-corrected chi connectivity index (χ2v) is 7.35. The van der Waals surface area contributed by atoms with E-state index in [1.54, 1.807) is 6.92 Å². The van der Waals surface area contributed by atoms with Crippen LogP contribution >= 0.6 is 31.5 Å². The van der Waals surface area contributed by atoms with Gasteiger partial charge >= 0.3 is 8.25 Å². The number of halogens is 2. The highest BCUT2D eigenvalue weighted by Gasteiger charge is 2.18. The highest BCUT2D eigenvalue weighted by Crippen LogP contribution is 2.40. The number of rotatable bonds is 8. The molecule has 0 fully saturated rings. The van der Waals surface area contributed by atoms with Crippen molar-refractivity contribution in [1.29, 1.82) is 0 Å². The van der Waals surface area contributed by atoms with Gasteiger partial charge in [0.1, 0.15) is 11.4 Å². The first-order valence-electron chi connectivity index (χ1n) is 8.10. The maximum atomic E-state index is 11.0. The number of hydrogen-bond donors (Lipinski definition) is 1. The quantitative estimate of drug-likeness (QED) is 0.285. The van der Waals surface area contributed by atoms with Crippen molar-refractivity contribution in [3.63, 3.8) is 0 Å². The third-order valence-corrected chi connectivity index (χ3v) is 4.51. The SMILES string of the molecule is CCNc1cc(Oc2c(Cl)cc([N+](=O)[O-])cc2Cl)ccc1[N+](=O)[O-].CO[PH](=O)OC. The first-order valence-corrected chi connectivity index (χ1v) is 10.1. The van der Waals surface area contributed by atoms with Gasteiger partial charge in [-0.05, 0) is 13.0 Å². The van der Waals surface area contributed by atoms with Crippen LogP contribution in [0.25, 0.3) is 0 Å². The summed E-state index contributed by atoms with van der Waals surface area (Å²) in [6.07, 6.45) is 0. The lowest BCUT2D eigenvalue weighted by Gasteiger charge is -2.11. The third-order valence-electron chi connectivity index (χ3n) is 3.28. The van der Waals surface area contributed by atoms with Gasteiger partial charge in [0.25, 0.3) is 11.4 Å². The summed E-state index contributed by atoms with van der Waals surface area (Å²) in [6.45, 7) is 2.27. The number of non-ortho nitro benzene ring substituents is 1.